The number of hydrogen-bond donors (Lipinski definition) is 0. The molecule has 0 amide bonds. The third kappa shape index (κ3) is 4.34. The Hall–Kier alpha value is -3.70. The summed E-state index contributed by atoms with van der Waals surface area (Å²) in [5.74, 6) is -1.40. The van der Waals surface area contributed by atoms with Crippen LogP contribution >= 0.6 is 11.3 Å². The van der Waals surface area contributed by atoms with Gasteiger partial charge >= 0.3 is 0 Å². The first-order valence-corrected chi connectivity index (χ1v) is 8.80. The zero-order valence-corrected chi connectivity index (χ0v) is 15.0. The first kappa shape index (κ1) is 19.1. The molecule has 0 N–H and O–H groups in total. The van der Waals surface area contributed by atoms with Gasteiger partial charge in [0.25, 0.3) is 5.69 Å². The average molecular weight is 395 g/mol. The molecule has 0 fully saturated rings. The molecule has 0 atom stereocenters. The van der Waals surface area contributed by atoms with Gasteiger partial charge in [-0.2, -0.15) is 5.26 Å². The molecule has 5 nitrogen and oxygen atoms in total. The van der Waals surface area contributed by atoms with Crippen molar-refractivity contribution in [3.63, 3.8) is 0 Å². The first-order valence-electron chi connectivity index (χ1n) is 7.92. The smallest absolute Gasteiger partial charge is 0.258 e. The van der Waals surface area contributed by atoms with Crippen molar-refractivity contribution >= 4 is 28.7 Å². The number of allylic oxidation sites excluding steroid dienone is 3. The van der Waals surface area contributed by atoms with Crippen LogP contribution in [0.5, 0.6) is 0 Å². The molecule has 138 valence electrons. The van der Waals surface area contributed by atoms with Crippen LogP contribution in [0.15, 0.2) is 60.0 Å². The molecule has 0 saturated carbocycles. The third-order valence-corrected chi connectivity index (χ3v) is 4.59. The number of hydrogen-bond acceptors (Lipinski definition) is 5. The van der Waals surface area contributed by atoms with Crippen LogP contribution in [0.4, 0.5) is 14.5 Å². The Bertz CT molecular complexity index is 1130. The number of nitriles is 1. The molecular weight excluding hydrogens is 384 g/mol. The summed E-state index contributed by atoms with van der Waals surface area (Å²) in [6.45, 7) is 0. The molecule has 3 rings (SSSR count). The predicted molar refractivity (Wildman–Crippen MR) is 103 cm³/mol. The second kappa shape index (κ2) is 8.33. The molecule has 1 aromatic heterocycles. The van der Waals surface area contributed by atoms with Crippen molar-refractivity contribution < 1.29 is 13.7 Å². The van der Waals surface area contributed by atoms with Gasteiger partial charge in [0, 0.05) is 29.1 Å². The number of rotatable bonds is 5. The quantitative estimate of drug-likeness (QED) is 0.243. The maximum Gasteiger partial charge on any atom is 0.269 e. The first-order chi connectivity index (χ1) is 13.5. The minimum atomic E-state index is -0.725. The second-order valence-electron chi connectivity index (χ2n) is 5.56. The molecule has 0 spiro atoms. The fourth-order valence-corrected chi connectivity index (χ4v) is 3.13. The summed E-state index contributed by atoms with van der Waals surface area (Å²) in [4.78, 5) is 14.4. The second-order valence-corrected chi connectivity index (χ2v) is 6.42. The monoisotopic (exact) mass is 395 g/mol. The molecule has 0 aliphatic heterocycles. The maximum absolute atomic E-state index is 13.9. The summed E-state index contributed by atoms with van der Waals surface area (Å²) in [5.41, 5.74) is 1.47. The molecule has 1 heterocycles. The highest BCUT2D eigenvalue weighted by Gasteiger charge is 2.12. The molecule has 8 heteroatoms. The van der Waals surface area contributed by atoms with Crippen molar-refractivity contribution in [1.29, 1.82) is 5.26 Å². The van der Waals surface area contributed by atoms with Gasteiger partial charge in [-0.1, -0.05) is 12.2 Å². The van der Waals surface area contributed by atoms with E-state index in [1.807, 2.05) is 6.07 Å². The standard InChI is InChI=1S/C20H11F2N3O2S/c21-15-6-9-17(18(22)10-15)19-12-28-20(24-19)14(11-23)3-1-2-13-4-7-16(8-5-13)25(26)27/h1-10,12H/b2-1+,14-3-. The topological polar surface area (TPSA) is 79.8 Å². The Balaban J connectivity index is 1.81. The molecule has 0 unspecified atom stereocenters. The Kier molecular flexibility index (Phi) is 5.67. The van der Waals surface area contributed by atoms with E-state index in [-0.39, 0.29) is 16.8 Å². The lowest BCUT2D eigenvalue weighted by atomic mass is 10.1. The molecule has 2 aromatic carbocycles. The normalized spacial score (nSPS) is 11.5. The molecule has 3 aromatic rings. The Morgan fingerprint density at radius 1 is 1.21 bits per heavy atom. The Morgan fingerprint density at radius 3 is 2.61 bits per heavy atom. The van der Waals surface area contributed by atoms with Crippen molar-refractivity contribution in [1.82, 2.24) is 4.98 Å². The van der Waals surface area contributed by atoms with Crippen molar-refractivity contribution in [2.75, 3.05) is 0 Å². The van der Waals surface area contributed by atoms with Crippen LogP contribution < -0.4 is 0 Å². The number of thiazole rings is 1. The van der Waals surface area contributed by atoms with Crippen LogP contribution in [0, 0.1) is 33.1 Å². The third-order valence-electron chi connectivity index (χ3n) is 3.72. The summed E-state index contributed by atoms with van der Waals surface area (Å²) in [5, 5.41) is 22.0. The lowest BCUT2D eigenvalue weighted by Crippen LogP contribution is -1.87. The summed E-state index contributed by atoms with van der Waals surface area (Å²) < 4.78 is 26.9. The van der Waals surface area contributed by atoms with Crippen LogP contribution in [0.2, 0.25) is 0 Å². The van der Waals surface area contributed by atoms with E-state index in [0.717, 1.165) is 17.7 Å². The van der Waals surface area contributed by atoms with Gasteiger partial charge in [0.2, 0.25) is 0 Å². The van der Waals surface area contributed by atoms with E-state index in [1.54, 1.807) is 35.7 Å². The number of nitro benzene ring substituents is 1. The molecular formula is C20H11F2N3O2S. The lowest BCUT2D eigenvalue weighted by molar-refractivity contribution is -0.384. The largest absolute Gasteiger partial charge is 0.269 e. The summed E-state index contributed by atoms with van der Waals surface area (Å²) >= 11 is 1.17. The number of nitro groups is 1. The zero-order valence-electron chi connectivity index (χ0n) is 14.2. The van der Waals surface area contributed by atoms with Gasteiger partial charge in [0.05, 0.1) is 16.2 Å². The van der Waals surface area contributed by atoms with Gasteiger partial charge in [-0.05, 0) is 35.9 Å². The fourth-order valence-electron chi connectivity index (χ4n) is 2.34. The van der Waals surface area contributed by atoms with E-state index < -0.39 is 16.6 Å². The predicted octanol–water partition coefficient (Wildman–Crippen LogP) is 5.62. The van der Waals surface area contributed by atoms with E-state index in [4.69, 9.17) is 0 Å². The molecule has 0 aliphatic rings. The minimum Gasteiger partial charge on any atom is -0.258 e. The van der Waals surface area contributed by atoms with Crippen LogP contribution in [-0.2, 0) is 0 Å². The van der Waals surface area contributed by atoms with Crippen molar-refractivity contribution in [2.24, 2.45) is 0 Å². The van der Waals surface area contributed by atoms with E-state index in [2.05, 4.69) is 4.98 Å². The lowest BCUT2D eigenvalue weighted by Gasteiger charge is -1.98. The van der Waals surface area contributed by atoms with Gasteiger partial charge in [0.1, 0.15) is 22.7 Å². The van der Waals surface area contributed by atoms with E-state index in [0.29, 0.717) is 10.7 Å². The van der Waals surface area contributed by atoms with E-state index >= 15 is 0 Å². The summed E-state index contributed by atoms with van der Waals surface area (Å²) in [6.07, 6.45) is 4.86. The average Bonchev–Trinajstić information content (AvgIpc) is 3.15. The van der Waals surface area contributed by atoms with Gasteiger partial charge in [-0.3, -0.25) is 10.1 Å². The highest BCUT2D eigenvalue weighted by Crippen LogP contribution is 2.28. The van der Waals surface area contributed by atoms with Gasteiger partial charge in [0.15, 0.2) is 0 Å². The minimum absolute atomic E-state index is 0.00579. The Labute approximate surface area is 162 Å². The summed E-state index contributed by atoms with van der Waals surface area (Å²) in [6, 6.07) is 11.2. The molecule has 0 radical (unpaired) electrons. The fraction of sp³-hybridized carbons (Fsp3) is 0. The van der Waals surface area contributed by atoms with Crippen LogP contribution in [0.25, 0.3) is 22.9 Å². The van der Waals surface area contributed by atoms with Crippen molar-refractivity contribution in [3.05, 3.63) is 92.3 Å². The van der Waals surface area contributed by atoms with Crippen LogP contribution in [-0.4, -0.2) is 9.91 Å². The summed E-state index contributed by atoms with van der Waals surface area (Å²) in [7, 11) is 0. The number of halogens is 2. The molecule has 0 saturated heterocycles. The number of benzene rings is 2. The van der Waals surface area contributed by atoms with Crippen LogP contribution in [0.3, 0.4) is 0 Å². The van der Waals surface area contributed by atoms with Crippen molar-refractivity contribution in [2.45, 2.75) is 0 Å². The van der Waals surface area contributed by atoms with E-state index in [9.17, 15) is 24.2 Å². The highest BCUT2D eigenvalue weighted by atomic mass is 32.1. The Morgan fingerprint density at radius 2 is 1.96 bits per heavy atom. The molecule has 28 heavy (non-hydrogen) atoms. The van der Waals surface area contributed by atoms with Crippen molar-refractivity contribution in [3.8, 4) is 17.3 Å². The number of aromatic nitrogens is 1. The molecule has 0 bridgehead atoms. The highest BCUT2D eigenvalue weighted by molar-refractivity contribution is 7.11. The molecule has 0 aliphatic carbocycles. The van der Waals surface area contributed by atoms with E-state index in [1.165, 1.54) is 29.5 Å². The SMILES string of the molecule is N#C/C(=C/C=C/c1ccc([N+](=O)[O-])cc1)c1nc(-c2ccc(F)cc2F)cs1. The van der Waals surface area contributed by atoms with Crippen LogP contribution in [0.1, 0.15) is 10.6 Å². The number of nitrogens with zero attached hydrogens (tertiary/aromatic N) is 3. The van der Waals surface area contributed by atoms with Gasteiger partial charge in [-0.25, -0.2) is 13.8 Å². The number of non-ortho nitro benzene ring substituents is 1. The van der Waals surface area contributed by atoms with Gasteiger partial charge in [-0.15, -0.1) is 11.3 Å². The maximum atomic E-state index is 13.9. The van der Waals surface area contributed by atoms with Gasteiger partial charge < -0.3 is 0 Å². The zero-order chi connectivity index (χ0) is 20.1.